The Bertz CT molecular complexity index is 468. The monoisotopic (exact) mass is 300 g/mol. The maximum Gasteiger partial charge on any atom is 0.252 e. The number of hydrogen-bond donors (Lipinski definition) is 2. The molecule has 2 rings (SSSR count). The lowest BCUT2D eigenvalue weighted by atomic mass is 10.3. The molecular formula is C9H9BrN4OS. The van der Waals surface area contributed by atoms with Crippen LogP contribution in [0.4, 0.5) is 0 Å². The van der Waals surface area contributed by atoms with Crippen LogP contribution in [0, 0.1) is 0 Å². The quantitative estimate of drug-likeness (QED) is 0.901. The van der Waals surface area contributed by atoms with Gasteiger partial charge in [-0.25, -0.2) is 4.98 Å². The minimum absolute atomic E-state index is 0.0681. The third kappa shape index (κ3) is 2.89. The summed E-state index contributed by atoms with van der Waals surface area (Å²) in [6, 6.07) is 1.80. The van der Waals surface area contributed by atoms with E-state index < -0.39 is 0 Å². The van der Waals surface area contributed by atoms with Crippen LogP contribution in [-0.4, -0.2) is 27.6 Å². The van der Waals surface area contributed by atoms with Crippen molar-refractivity contribution in [2.24, 2.45) is 0 Å². The first-order chi connectivity index (χ1) is 7.75. The van der Waals surface area contributed by atoms with Gasteiger partial charge in [0.2, 0.25) is 0 Å². The number of H-pyrrole nitrogens is 1. The second kappa shape index (κ2) is 5.22. The lowest BCUT2D eigenvalue weighted by Gasteiger charge is -2.01. The van der Waals surface area contributed by atoms with Crippen LogP contribution in [0.3, 0.4) is 0 Å². The van der Waals surface area contributed by atoms with Crippen molar-refractivity contribution in [1.82, 2.24) is 20.5 Å². The number of thiophene rings is 1. The van der Waals surface area contributed by atoms with Crippen LogP contribution in [0.5, 0.6) is 0 Å². The van der Waals surface area contributed by atoms with Gasteiger partial charge in [-0.05, 0) is 22.0 Å². The van der Waals surface area contributed by atoms with Gasteiger partial charge in [-0.3, -0.25) is 9.89 Å². The molecule has 2 N–H and O–H groups in total. The third-order valence-corrected chi connectivity index (χ3v) is 3.45. The highest BCUT2D eigenvalue weighted by atomic mass is 79.9. The first-order valence-corrected chi connectivity index (χ1v) is 6.29. The fraction of sp³-hybridized carbons (Fsp3) is 0.222. The first-order valence-electron chi connectivity index (χ1n) is 4.62. The van der Waals surface area contributed by atoms with Crippen LogP contribution >= 0.6 is 27.3 Å². The minimum atomic E-state index is -0.0681. The van der Waals surface area contributed by atoms with E-state index in [0.29, 0.717) is 18.5 Å². The maximum absolute atomic E-state index is 11.6. The molecule has 0 unspecified atom stereocenters. The molecule has 0 saturated heterocycles. The summed E-state index contributed by atoms with van der Waals surface area (Å²) in [5.41, 5.74) is 0.675. The molecule has 0 fully saturated rings. The third-order valence-electron chi connectivity index (χ3n) is 1.94. The Morgan fingerprint density at radius 1 is 1.62 bits per heavy atom. The molecule has 5 nitrogen and oxygen atoms in total. The van der Waals surface area contributed by atoms with Crippen molar-refractivity contribution in [1.29, 1.82) is 0 Å². The van der Waals surface area contributed by atoms with Crippen LogP contribution in [0.15, 0.2) is 21.6 Å². The van der Waals surface area contributed by atoms with Crippen molar-refractivity contribution in [3.8, 4) is 0 Å². The fourth-order valence-electron chi connectivity index (χ4n) is 1.18. The van der Waals surface area contributed by atoms with E-state index in [0.717, 1.165) is 9.61 Å². The zero-order valence-electron chi connectivity index (χ0n) is 8.24. The zero-order chi connectivity index (χ0) is 11.4. The molecule has 2 aromatic rings. The highest BCUT2D eigenvalue weighted by Gasteiger charge is 2.07. The lowest BCUT2D eigenvalue weighted by Crippen LogP contribution is -2.25. The minimum Gasteiger partial charge on any atom is -0.352 e. The number of rotatable bonds is 4. The molecule has 0 saturated carbocycles. The molecule has 0 atom stereocenters. The molecule has 0 aliphatic rings. The van der Waals surface area contributed by atoms with E-state index in [9.17, 15) is 4.79 Å². The van der Waals surface area contributed by atoms with Crippen molar-refractivity contribution in [3.63, 3.8) is 0 Å². The van der Waals surface area contributed by atoms with Crippen molar-refractivity contribution in [3.05, 3.63) is 32.9 Å². The summed E-state index contributed by atoms with van der Waals surface area (Å²) in [4.78, 5) is 15.6. The number of nitrogens with zero attached hydrogens (tertiary/aromatic N) is 2. The molecule has 2 heterocycles. The number of hydrogen-bond acceptors (Lipinski definition) is 4. The zero-order valence-corrected chi connectivity index (χ0v) is 10.6. The maximum atomic E-state index is 11.6. The van der Waals surface area contributed by atoms with E-state index in [-0.39, 0.29) is 5.91 Å². The summed E-state index contributed by atoms with van der Waals surface area (Å²) in [5, 5.41) is 11.1. The Kier molecular flexibility index (Phi) is 3.68. The van der Waals surface area contributed by atoms with Gasteiger partial charge in [-0.1, -0.05) is 0 Å². The number of carbonyl (C=O) groups excluding carboxylic acids is 1. The molecule has 0 radical (unpaired) electrons. The first kappa shape index (κ1) is 11.3. The van der Waals surface area contributed by atoms with Gasteiger partial charge in [0.1, 0.15) is 12.2 Å². The summed E-state index contributed by atoms with van der Waals surface area (Å²) >= 11 is 4.81. The molecule has 1 amide bonds. The Labute approximate surface area is 104 Å². The number of aromatic nitrogens is 3. The number of nitrogens with one attached hydrogen (secondary N) is 2. The van der Waals surface area contributed by atoms with Crippen molar-refractivity contribution < 1.29 is 4.79 Å². The van der Waals surface area contributed by atoms with Gasteiger partial charge in [-0.15, -0.1) is 11.3 Å². The van der Waals surface area contributed by atoms with Crippen LogP contribution in [0.25, 0.3) is 0 Å². The molecule has 0 aliphatic heterocycles. The molecule has 84 valence electrons. The average molecular weight is 301 g/mol. The fourth-order valence-corrected chi connectivity index (χ4v) is 2.31. The van der Waals surface area contributed by atoms with Crippen molar-refractivity contribution in [2.45, 2.75) is 6.42 Å². The molecule has 0 bridgehead atoms. The summed E-state index contributed by atoms with van der Waals surface area (Å²) in [5.74, 6) is 0.702. The summed E-state index contributed by atoms with van der Waals surface area (Å²) < 4.78 is 0.952. The molecule has 16 heavy (non-hydrogen) atoms. The van der Waals surface area contributed by atoms with Crippen LogP contribution in [0.1, 0.15) is 16.2 Å². The Morgan fingerprint density at radius 2 is 2.50 bits per heavy atom. The van der Waals surface area contributed by atoms with Crippen molar-refractivity contribution in [2.75, 3.05) is 6.54 Å². The Balaban J connectivity index is 1.80. The Hall–Kier alpha value is -1.21. The predicted octanol–water partition coefficient (Wildman–Crippen LogP) is 1.60. The highest BCUT2D eigenvalue weighted by molar-refractivity contribution is 9.11. The second-order valence-electron chi connectivity index (χ2n) is 3.08. The number of aromatic amines is 1. The van der Waals surface area contributed by atoms with Gasteiger partial charge >= 0.3 is 0 Å². The van der Waals surface area contributed by atoms with Gasteiger partial charge in [0.25, 0.3) is 5.91 Å². The molecule has 7 heteroatoms. The average Bonchev–Trinajstić information content (AvgIpc) is 2.89. The van der Waals surface area contributed by atoms with E-state index >= 15 is 0 Å². The molecule has 0 aliphatic carbocycles. The standard InChI is InChI=1S/C9H9BrN4OS/c10-7-3-6(4-16-7)9(15)11-2-1-8-12-5-13-14-8/h3-5H,1-2H2,(H,11,15)(H,12,13,14). The van der Waals surface area contributed by atoms with Gasteiger partial charge in [0.15, 0.2) is 0 Å². The van der Waals surface area contributed by atoms with Gasteiger partial charge in [0, 0.05) is 18.3 Å². The molecule has 0 spiro atoms. The molecule has 2 aromatic heterocycles. The van der Waals surface area contributed by atoms with Crippen LogP contribution in [-0.2, 0) is 6.42 Å². The summed E-state index contributed by atoms with van der Waals surface area (Å²) in [6.45, 7) is 0.543. The normalized spacial score (nSPS) is 10.3. The van der Waals surface area contributed by atoms with E-state index in [1.807, 2.05) is 5.38 Å². The van der Waals surface area contributed by atoms with E-state index in [2.05, 4.69) is 36.4 Å². The smallest absolute Gasteiger partial charge is 0.252 e. The van der Waals surface area contributed by atoms with Crippen LogP contribution in [0.2, 0.25) is 0 Å². The van der Waals surface area contributed by atoms with Gasteiger partial charge in [0.05, 0.1) is 9.35 Å². The summed E-state index contributed by atoms with van der Waals surface area (Å²) in [6.07, 6.45) is 2.10. The van der Waals surface area contributed by atoms with Gasteiger partial charge < -0.3 is 5.32 Å². The van der Waals surface area contributed by atoms with E-state index in [1.54, 1.807) is 6.07 Å². The predicted molar refractivity (Wildman–Crippen MR) is 64.4 cm³/mol. The second-order valence-corrected chi connectivity index (χ2v) is 5.37. The molecular weight excluding hydrogens is 292 g/mol. The Morgan fingerprint density at radius 3 is 3.12 bits per heavy atom. The van der Waals surface area contributed by atoms with Crippen molar-refractivity contribution >= 4 is 33.2 Å². The summed E-state index contributed by atoms with van der Waals surface area (Å²) in [7, 11) is 0. The van der Waals surface area contributed by atoms with Crippen LogP contribution < -0.4 is 5.32 Å². The number of carbonyl (C=O) groups is 1. The highest BCUT2D eigenvalue weighted by Crippen LogP contribution is 2.20. The number of amides is 1. The van der Waals surface area contributed by atoms with Gasteiger partial charge in [-0.2, -0.15) is 5.10 Å². The van der Waals surface area contributed by atoms with E-state index in [1.165, 1.54) is 17.7 Å². The van der Waals surface area contributed by atoms with E-state index in [4.69, 9.17) is 0 Å². The largest absolute Gasteiger partial charge is 0.352 e. The molecule has 0 aromatic carbocycles. The SMILES string of the molecule is O=C(NCCc1ncn[nH]1)c1csc(Br)c1. The topological polar surface area (TPSA) is 70.7 Å². The lowest BCUT2D eigenvalue weighted by molar-refractivity contribution is 0.0954. The number of halogens is 1.